The maximum absolute atomic E-state index is 11.7. The number of hydrogen-bond donors (Lipinski definition) is 1. The van der Waals surface area contributed by atoms with Gasteiger partial charge in [0.2, 0.25) is 0 Å². The molecule has 2 aromatic rings. The minimum absolute atomic E-state index is 0.195. The number of hydroxylamine groups is 1. The van der Waals surface area contributed by atoms with Crippen LogP contribution in [0.2, 0.25) is 0 Å². The molecule has 2 rings (SSSR count). The van der Waals surface area contributed by atoms with Crippen LogP contribution >= 0.6 is 0 Å². The lowest BCUT2D eigenvalue weighted by Gasteiger charge is -2.04. The molecule has 0 saturated heterocycles. The van der Waals surface area contributed by atoms with Crippen molar-refractivity contribution >= 4 is 5.91 Å². The normalized spacial score (nSPS) is 10.4. The molecule has 5 heteroatoms. The molecule has 19 heavy (non-hydrogen) atoms. The number of rotatable bonds is 6. The summed E-state index contributed by atoms with van der Waals surface area (Å²) in [6.07, 6.45) is 0. The summed E-state index contributed by atoms with van der Waals surface area (Å²) in [5.41, 5.74) is 3.30. The van der Waals surface area contributed by atoms with Crippen LogP contribution in [0.15, 0.2) is 46.9 Å². The van der Waals surface area contributed by atoms with E-state index in [-0.39, 0.29) is 5.76 Å². The minimum Gasteiger partial charge on any atom is -0.453 e. The van der Waals surface area contributed by atoms with Crippen LogP contribution in [0.4, 0.5) is 0 Å². The van der Waals surface area contributed by atoms with E-state index < -0.39 is 5.91 Å². The average molecular weight is 261 g/mol. The van der Waals surface area contributed by atoms with Crippen LogP contribution in [0.3, 0.4) is 0 Å². The smallest absolute Gasteiger partial charge is 0.310 e. The zero-order valence-electron chi connectivity index (χ0n) is 10.6. The van der Waals surface area contributed by atoms with Crippen LogP contribution in [-0.4, -0.2) is 13.0 Å². The number of furan rings is 1. The molecule has 0 spiro atoms. The molecule has 0 bridgehead atoms. The van der Waals surface area contributed by atoms with Crippen molar-refractivity contribution < 1.29 is 18.8 Å². The molecule has 0 fully saturated rings. The first-order chi connectivity index (χ1) is 9.29. The van der Waals surface area contributed by atoms with Gasteiger partial charge in [-0.15, -0.1) is 0 Å². The van der Waals surface area contributed by atoms with E-state index >= 15 is 0 Å². The second-order valence-electron chi connectivity index (χ2n) is 3.90. The fourth-order valence-corrected chi connectivity index (χ4v) is 1.53. The monoisotopic (exact) mass is 261 g/mol. The topological polar surface area (TPSA) is 60.7 Å². The molecule has 0 radical (unpaired) electrons. The van der Waals surface area contributed by atoms with Gasteiger partial charge in [0, 0.05) is 7.11 Å². The van der Waals surface area contributed by atoms with Gasteiger partial charge in [-0.2, -0.15) is 0 Å². The number of benzene rings is 1. The average Bonchev–Trinajstić information content (AvgIpc) is 2.89. The predicted molar refractivity (Wildman–Crippen MR) is 68.1 cm³/mol. The van der Waals surface area contributed by atoms with Crippen LogP contribution in [0.25, 0.3) is 0 Å². The molecule has 0 unspecified atom stereocenters. The van der Waals surface area contributed by atoms with Crippen molar-refractivity contribution in [2.75, 3.05) is 7.11 Å². The first-order valence-corrected chi connectivity index (χ1v) is 5.83. The van der Waals surface area contributed by atoms with E-state index in [1.54, 1.807) is 19.2 Å². The summed E-state index contributed by atoms with van der Waals surface area (Å²) in [5, 5.41) is 0. The standard InChI is InChI=1S/C14H15NO4/c1-17-10-12-7-8-13(19-12)14(16)15-18-9-11-5-3-2-4-6-11/h2-8H,9-10H2,1H3,(H,15,16). The van der Waals surface area contributed by atoms with Gasteiger partial charge in [0.25, 0.3) is 0 Å². The summed E-state index contributed by atoms with van der Waals surface area (Å²) < 4.78 is 10.2. The van der Waals surface area contributed by atoms with Crippen molar-refractivity contribution in [2.45, 2.75) is 13.2 Å². The quantitative estimate of drug-likeness (QED) is 0.810. The number of nitrogens with one attached hydrogen (secondary N) is 1. The molecule has 1 amide bonds. The first kappa shape index (κ1) is 13.3. The van der Waals surface area contributed by atoms with E-state index in [0.717, 1.165) is 5.56 Å². The first-order valence-electron chi connectivity index (χ1n) is 5.83. The SMILES string of the molecule is COCc1ccc(C(=O)NOCc2ccccc2)o1. The zero-order valence-corrected chi connectivity index (χ0v) is 10.6. The summed E-state index contributed by atoms with van der Waals surface area (Å²) in [5.74, 6) is 0.370. The van der Waals surface area contributed by atoms with E-state index in [1.807, 2.05) is 30.3 Å². The fraction of sp³-hybridized carbons (Fsp3) is 0.214. The number of carbonyl (C=O) groups is 1. The molecular weight excluding hydrogens is 246 g/mol. The second kappa shape index (κ2) is 6.72. The van der Waals surface area contributed by atoms with Crippen molar-refractivity contribution in [3.63, 3.8) is 0 Å². The molecule has 0 aliphatic heterocycles. The Morgan fingerprint density at radius 2 is 1.95 bits per heavy atom. The van der Waals surface area contributed by atoms with Gasteiger partial charge in [-0.3, -0.25) is 9.63 Å². The summed E-state index contributed by atoms with van der Waals surface area (Å²) in [4.78, 5) is 16.8. The Labute approximate surface area is 111 Å². The maximum atomic E-state index is 11.7. The lowest BCUT2D eigenvalue weighted by atomic mass is 10.2. The van der Waals surface area contributed by atoms with Gasteiger partial charge in [-0.25, -0.2) is 5.48 Å². The lowest BCUT2D eigenvalue weighted by Crippen LogP contribution is -2.23. The summed E-state index contributed by atoms with van der Waals surface area (Å²) in [6.45, 7) is 0.635. The summed E-state index contributed by atoms with van der Waals surface area (Å²) in [6, 6.07) is 12.8. The second-order valence-corrected chi connectivity index (χ2v) is 3.90. The molecule has 0 atom stereocenters. The minimum atomic E-state index is -0.418. The number of amides is 1. The van der Waals surface area contributed by atoms with Gasteiger partial charge in [0.05, 0.1) is 6.61 Å². The predicted octanol–water partition coefficient (Wildman–Crippen LogP) is 2.29. The summed E-state index contributed by atoms with van der Waals surface area (Å²) >= 11 is 0. The number of carbonyl (C=O) groups excluding carboxylic acids is 1. The molecule has 5 nitrogen and oxygen atoms in total. The van der Waals surface area contributed by atoms with Crippen LogP contribution in [0, 0.1) is 0 Å². The summed E-state index contributed by atoms with van der Waals surface area (Å²) in [7, 11) is 1.56. The highest BCUT2D eigenvalue weighted by Crippen LogP contribution is 2.08. The number of hydrogen-bond acceptors (Lipinski definition) is 4. The van der Waals surface area contributed by atoms with Crippen LogP contribution in [-0.2, 0) is 22.8 Å². The molecule has 0 aliphatic rings. The Morgan fingerprint density at radius 3 is 2.68 bits per heavy atom. The van der Waals surface area contributed by atoms with Gasteiger partial charge >= 0.3 is 5.91 Å². The Kier molecular flexibility index (Phi) is 4.72. The Hall–Kier alpha value is -2.11. The van der Waals surface area contributed by atoms with Crippen molar-refractivity contribution in [1.29, 1.82) is 0 Å². The van der Waals surface area contributed by atoms with Gasteiger partial charge in [-0.1, -0.05) is 30.3 Å². The molecular formula is C14H15NO4. The van der Waals surface area contributed by atoms with E-state index in [4.69, 9.17) is 14.0 Å². The van der Waals surface area contributed by atoms with Crippen molar-refractivity contribution in [3.05, 3.63) is 59.5 Å². The van der Waals surface area contributed by atoms with E-state index in [2.05, 4.69) is 5.48 Å². The van der Waals surface area contributed by atoms with Gasteiger partial charge < -0.3 is 9.15 Å². The molecule has 100 valence electrons. The molecule has 1 N–H and O–H groups in total. The van der Waals surface area contributed by atoms with Crippen molar-refractivity contribution in [3.8, 4) is 0 Å². The number of methoxy groups -OCH3 is 1. The molecule has 1 heterocycles. The van der Waals surface area contributed by atoms with Crippen LogP contribution in [0.5, 0.6) is 0 Å². The third kappa shape index (κ3) is 3.94. The maximum Gasteiger partial charge on any atom is 0.310 e. The van der Waals surface area contributed by atoms with Crippen molar-refractivity contribution in [2.24, 2.45) is 0 Å². The molecule has 1 aromatic heterocycles. The molecule has 0 aliphatic carbocycles. The lowest BCUT2D eigenvalue weighted by molar-refractivity contribution is 0.0209. The molecule has 1 aromatic carbocycles. The highest BCUT2D eigenvalue weighted by Gasteiger charge is 2.10. The van der Waals surface area contributed by atoms with E-state index in [9.17, 15) is 4.79 Å². The Morgan fingerprint density at radius 1 is 1.16 bits per heavy atom. The Bertz CT molecular complexity index is 521. The van der Waals surface area contributed by atoms with Gasteiger partial charge in [-0.05, 0) is 17.7 Å². The number of ether oxygens (including phenoxy) is 1. The van der Waals surface area contributed by atoms with Gasteiger partial charge in [0.1, 0.15) is 12.4 Å². The highest BCUT2D eigenvalue weighted by atomic mass is 16.7. The van der Waals surface area contributed by atoms with Crippen LogP contribution in [0.1, 0.15) is 21.9 Å². The van der Waals surface area contributed by atoms with E-state index in [1.165, 1.54) is 0 Å². The van der Waals surface area contributed by atoms with Crippen molar-refractivity contribution in [1.82, 2.24) is 5.48 Å². The van der Waals surface area contributed by atoms with Crippen LogP contribution < -0.4 is 5.48 Å². The highest BCUT2D eigenvalue weighted by molar-refractivity contribution is 5.90. The third-order valence-corrected chi connectivity index (χ3v) is 2.42. The van der Waals surface area contributed by atoms with E-state index in [0.29, 0.717) is 19.0 Å². The molecule has 0 saturated carbocycles. The largest absolute Gasteiger partial charge is 0.453 e. The van der Waals surface area contributed by atoms with Gasteiger partial charge in [0.15, 0.2) is 5.76 Å². The third-order valence-electron chi connectivity index (χ3n) is 2.42. The fourth-order valence-electron chi connectivity index (χ4n) is 1.53. The Balaban J connectivity index is 1.80. The zero-order chi connectivity index (χ0) is 13.5.